The van der Waals surface area contributed by atoms with Crippen molar-refractivity contribution in [3.63, 3.8) is 0 Å². The Hall–Kier alpha value is -3.25. The summed E-state index contributed by atoms with van der Waals surface area (Å²) in [6.45, 7) is 5.37. The van der Waals surface area contributed by atoms with Crippen molar-refractivity contribution in [2.75, 3.05) is 6.61 Å². The fourth-order valence-corrected chi connectivity index (χ4v) is 4.33. The number of fused-ring (bicyclic) bond motifs is 1. The van der Waals surface area contributed by atoms with Crippen molar-refractivity contribution >= 4 is 6.08 Å². The Balaban J connectivity index is 2.37. The average molecular weight is 446 g/mol. The standard InChI is InChI=1S/C23H25F3N4O2/c1-13(2)22(18(12-27)20(28)32-21-19(22)14(3)29-30-21)16-9-15(7-5-4-6-8-31)10-17(11-16)23(24,25)26/h5,7,9-11,13,31H,4,6,8,28H2,1-3H3,(H,29,30)/b7-5+. The number of aliphatic hydroxyl groups is 1. The van der Waals surface area contributed by atoms with E-state index in [1.165, 1.54) is 0 Å². The molecule has 0 bridgehead atoms. The molecule has 4 N–H and O–H groups in total. The van der Waals surface area contributed by atoms with Gasteiger partial charge in [0.2, 0.25) is 11.8 Å². The van der Waals surface area contributed by atoms with Crippen molar-refractivity contribution in [3.8, 4) is 11.9 Å². The number of nitriles is 1. The first-order chi connectivity index (χ1) is 15.1. The van der Waals surface area contributed by atoms with Gasteiger partial charge in [-0.3, -0.25) is 5.10 Å². The lowest BCUT2D eigenvalue weighted by molar-refractivity contribution is -0.137. The summed E-state index contributed by atoms with van der Waals surface area (Å²) in [4.78, 5) is 0. The molecule has 0 spiro atoms. The van der Waals surface area contributed by atoms with Gasteiger partial charge in [0, 0.05) is 12.3 Å². The highest BCUT2D eigenvalue weighted by atomic mass is 19.4. The number of benzene rings is 1. The summed E-state index contributed by atoms with van der Waals surface area (Å²) >= 11 is 0. The van der Waals surface area contributed by atoms with E-state index in [4.69, 9.17) is 15.6 Å². The average Bonchev–Trinajstić information content (AvgIpc) is 3.09. The first-order valence-electron chi connectivity index (χ1n) is 10.2. The van der Waals surface area contributed by atoms with Gasteiger partial charge in [0.1, 0.15) is 11.6 Å². The Labute approximate surface area is 184 Å². The molecule has 170 valence electrons. The summed E-state index contributed by atoms with van der Waals surface area (Å²) < 4.78 is 47.1. The Kier molecular flexibility index (Phi) is 6.37. The minimum Gasteiger partial charge on any atom is -0.420 e. The second-order valence-electron chi connectivity index (χ2n) is 8.05. The molecular weight excluding hydrogens is 421 g/mol. The van der Waals surface area contributed by atoms with Crippen LogP contribution in [0.4, 0.5) is 13.2 Å². The number of halogens is 3. The lowest BCUT2D eigenvalue weighted by Crippen LogP contribution is -2.41. The highest BCUT2D eigenvalue weighted by Crippen LogP contribution is 2.53. The van der Waals surface area contributed by atoms with Crippen LogP contribution in [0.2, 0.25) is 0 Å². The van der Waals surface area contributed by atoms with E-state index in [2.05, 4.69) is 16.3 Å². The molecule has 2 aromatic rings. The first kappa shape index (κ1) is 23.4. The quantitative estimate of drug-likeness (QED) is 0.564. The normalized spacial score (nSPS) is 18.7. The predicted octanol–water partition coefficient (Wildman–Crippen LogP) is 4.55. The van der Waals surface area contributed by atoms with Gasteiger partial charge in [-0.15, -0.1) is 5.10 Å². The van der Waals surface area contributed by atoms with Crippen molar-refractivity contribution in [2.24, 2.45) is 11.7 Å². The minimum atomic E-state index is -4.59. The molecule has 1 aliphatic heterocycles. The number of ether oxygens (including phenoxy) is 1. The molecule has 1 aromatic carbocycles. The summed E-state index contributed by atoms with van der Waals surface area (Å²) in [7, 11) is 0. The van der Waals surface area contributed by atoms with Crippen LogP contribution in [0.5, 0.6) is 5.88 Å². The van der Waals surface area contributed by atoms with E-state index in [0.717, 1.165) is 12.1 Å². The molecule has 9 heteroatoms. The molecule has 0 fully saturated rings. The molecular formula is C23H25F3N4O2. The summed E-state index contributed by atoms with van der Waals surface area (Å²) in [5.74, 6) is -0.396. The number of rotatable bonds is 6. The number of allylic oxidation sites excluding steroid dienone is 2. The van der Waals surface area contributed by atoms with Crippen LogP contribution in [0.15, 0.2) is 35.7 Å². The van der Waals surface area contributed by atoms with Crippen LogP contribution in [-0.4, -0.2) is 21.9 Å². The molecule has 1 aromatic heterocycles. The third-order valence-corrected chi connectivity index (χ3v) is 5.71. The van der Waals surface area contributed by atoms with Gasteiger partial charge >= 0.3 is 6.18 Å². The van der Waals surface area contributed by atoms with Gasteiger partial charge in [-0.1, -0.05) is 32.1 Å². The van der Waals surface area contributed by atoms with Crippen LogP contribution < -0.4 is 10.5 Å². The van der Waals surface area contributed by atoms with E-state index in [1.807, 2.05) is 13.8 Å². The SMILES string of the molecule is Cc1[nH]nc2c1C(c1cc(/C=C/CCCO)cc(C(F)(F)F)c1)(C(C)C)C(C#N)=C(N)O2. The second-order valence-corrected chi connectivity index (χ2v) is 8.05. The van der Waals surface area contributed by atoms with E-state index in [0.29, 0.717) is 29.7 Å². The zero-order valence-electron chi connectivity index (χ0n) is 18.0. The molecule has 0 radical (unpaired) electrons. The molecule has 32 heavy (non-hydrogen) atoms. The number of hydrogen-bond donors (Lipinski definition) is 3. The largest absolute Gasteiger partial charge is 0.420 e. The number of unbranched alkanes of at least 4 members (excludes halogenated alkanes) is 1. The number of hydrogen-bond acceptors (Lipinski definition) is 5. The van der Waals surface area contributed by atoms with Crippen molar-refractivity contribution < 1.29 is 23.0 Å². The van der Waals surface area contributed by atoms with Crippen LogP contribution in [0.1, 0.15) is 54.6 Å². The molecule has 6 nitrogen and oxygen atoms in total. The number of aliphatic hydroxyl groups excluding tert-OH is 1. The Bertz CT molecular complexity index is 1110. The van der Waals surface area contributed by atoms with Gasteiger partial charge in [0.05, 0.1) is 16.5 Å². The number of aryl methyl sites for hydroxylation is 1. The Morgan fingerprint density at radius 2 is 2.06 bits per heavy atom. The molecule has 0 saturated carbocycles. The molecule has 0 aliphatic carbocycles. The van der Waals surface area contributed by atoms with E-state index >= 15 is 0 Å². The van der Waals surface area contributed by atoms with Crippen LogP contribution >= 0.6 is 0 Å². The summed E-state index contributed by atoms with van der Waals surface area (Å²) in [6, 6.07) is 5.85. The number of aromatic amines is 1. The maximum absolute atomic E-state index is 13.9. The maximum atomic E-state index is 13.9. The van der Waals surface area contributed by atoms with Crippen LogP contribution in [0.3, 0.4) is 0 Å². The highest BCUT2D eigenvalue weighted by molar-refractivity contribution is 5.64. The Morgan fingerprint density at radius 3 is 2.66 bits per heavy atom. The fourth-order valence-electron chi connectivity index (χ4n) is 4.33. The van der Waals surface area contributed by atoms with Crippen molar-refractivity contribution in [3.05, 3.63) is 63.7 Å². The molecule has 1 unspecified atom stereocenters. The Morgan fingerprint density at radius 1 is 1.34 bits per heavy atom. The number of alkyl halides is 3. The molecule has 1 atom stereocenters. The number of H-pyrrole nitrogens is 1. The summed E-state index contributed by atoms with van der Waals surface area (Å²) in [6.07, 6.45) is -0.267. The zero-order chi connectivity index (χ0) is 23.7. The molecule has 0 saturated heterocycles. The molecule has 0 amide bonds. The third-order valence-electron chi connectivity index (χ3n) is 5.71. The van der Waals surface area contributed by atoms with Crippen LogP contribution in [-0.2, 0) is 11.6 Å². The van der Waals surface area contributed by atoms with Crippen molar-refractivity contribution in [1.29, 1.82) is 5.26 Å². The van der Waals surface area contributed by atoms with E-state index < -0.39 is 17.2 Å². The lowest BCUT2D eigenvalue weighted by Gasteiger charge is -2.41. The van der Waals surface area contributed by atoms with E-state index in [-0.39, 0.29) is 35.4 Å². The maximum Gasteiger partial charge on any atom is 0.416 e. The van der Waals surface area contributed by atoms with Gasteiger partial charge in [-0.05, 0) is 48.9 Å². The molecule has 2 heterocycles. The number of nitrogens with one attached hydrogen (secondary N) is 1. The van der Waals surface area contributed by atoms with Gasteiger partial charge in [-0.25, -0.2) is 0 Å². The lowest BCUT2D eigenvalue weighted by atomic mass is 9.61. The van der Waals surface area contributed by atoms with Crippen LogP contribution in [0, 0.1) is 24.2 Å². The predicted molar refractivity (Wildman–Crippen MR) is 113 cm³/mol. The summed E-state index contributed by atoms with van der Waals surface area (Å²) in [5, 5.41) is 25.9. The fraction of sp³-hybridized carbons (Fsp3) is 0.391. The van der Waals surface area contributed by atoms with Gasteiger partial charge < -0.3 is 15.6 Å². The minimum absolute atomic E-state index is 0.00716. The van der Waals surface area contributed by atoms with Gasteiger partial charge in [-0.2, -0.15) is 18.4 Å². The number of nitrogens with zero attached hydrogens (tertiary/aromatic N) is 2. The first-order valence-corrected chi connectivity index (χ1v) is 10.2. The van der Waals surface area contributed by atoms with E-state index in [1.54, 1.807) is 25.1 Å². The zero-order valence-corrected chi connectivity index (χ0v) is 18.0. The van der Waals surface area contributed by atoms with E-state index in [9.17, 15) is 18.4 Å². The number of nitrogens with two attached hydrogens (primary N) is 1. The monoisotopic (exact) mass is 446 g/mol. The number of aromatic nitrogens is 2. The molecule has 1 aliphatic rings. The van der Waals surface area contributed by atoms with Crippen molar-refractivity contribution in [1.82, 2.24) is 10.2 Å². The van der Waals surface area contributed by atoms with Gasteiger partial charge in [0.15, 0.2) is 0 Å². The molecule has 3 rings (SSSR count). The van der Waals surface area contributed by atoms with Crippen molar-refractivity contribution in [2.45, 2.75) is 45.2 Å². The topological polar surface area (TPSA) is 108 Å². The highest BCUT2D eigenvalue weighted by Gasteiger charge is 2.51. The van der Waals surface area contributed by atoms with Gasteiger partial charge in [0.25, 0.3) is 0 Å². The van der Waals surface area contributed by atoms with Crippen LogP contribution in [0.25, 0.3) is 6.08 Å². The third kappa shape index (κ3) is 3.86. The second kappa shape index (κ2) is 8.71. The smallest absolute Gasteiger partial charge is 0.416 e. The summed E-state index contributed by atoms with van der Waals surface area (Å²) in [5.41, 5.74) is 5.65.